The van der Waals surface area contributed by atoms with Crippen molar-refractivity contribution < 1.29 is 14.7 Å². The predicted octanol–water partition coefficient (Wildman–Crippen LogP) is 2.39. The average Bonchev–Trinajstić information content (AvgIpc) is 2.72. The summed E-state index contributed by atoms with van der Waals surface area (Å²) in [5.41, 5.74) is 0.979. The number of hydrogen-bond acceptors (Lipinski definition) is 5. The van der Waals surface area contributed by atoms with Crippen LogP contribution in [0.15, 0.2) is 59.4 Å². The van der Waals surface area contributed by atoms with Gasteiger partial charge in [-0.2, -0.15) is 16.9 Å². The largest absolute Gasteiger partial charge is 0.480 e. The van der Waals surface area contributed by atoms with Crippen molar-refractivity contribution in [1.29, 1.82) is 0 Å². The lowest BCUT2D eigenvalue weighted by molar-refractivity contribution is -0.142. The van der Waals surface area contributed by atoms with Gasteiger partial charge in [0.15, 0.2) is 0 Å². The van der Waals surface area contributed by atoms with Crippen molar-refractivity contribution >= 4 is 34.4 Å². The molecule has 3 rings (SSSR count). The number of rotatable bonds is 8. The van der Waals surface area contributed by atoms with Crippen LogP contribution in [0.25, 0.3) is 22.0 Å². The van der Waals surface area contributed by atoms with Gasteiger partial charge >= 0.3 is 5.97 Å². The molecule has 8 heteroatoms. The Morgan fingerprint density at radius 3 is 2.66 bits per heavy atom. The number of nitrogens with zero attached hydrogens (tertiary/aromatic N) is 2. The number of benzene rings is 2. The number of amides is 1. The van der Waals surface area contributed by atoms with Crippen LogP contribution in [0.4, 0.5) is 0 Å². The van der Waals surface area contributed by atoms with Crippen LogP contribution < -0.4 is 10.9 Å². The second kappa shape index (κ2) is 9.38. The standard InChI is InChI=1S/C21H21N3O4S/c1-29-12-11-18(21(27)28)22-19(25)13-24-20(26)10-9-17(23-24)16-8-4-6-14-5-2-3-7-15(14)16/h2-10,18H,11-13H2,1H3,(H,22,25)(H,27,28). The van der Waals surface area contributed by atoms with Gasteiger partial charge in [0.2, 0.25) is 5.91 Å². The molecule has 0 aliphatic rings. The highest BCUT2D eigenvalue weighted by molar-refractivity contribution is 7.98. The Balaban J connectivity index is 1.85. The SMILES string of the molecule is CSCCC(NC(=O)Cn1nc(-c2cccc3ccccc23)ccc1=O)C(=O)O. The molecule has 0 fully saturated rings. The molecule has 0 spiro atoms. The number of carbonyl (C=O) groups is 2. The lowest BCUT2D eigenvalue weighted by Gasteiger charge is -2.14. The normalized spacial score (nSPS) is 11.9. The molecule has 1 unspecified atom stereocenters. The van der Waals surface area contributed by atoms with E-state index < -0.39 is 23.5 Å². The summed E-state index contributed by atoms with van der Waals surface area (Å²) in [6, 6.07) is 15.6. The number of aliphatic carboxylic acids is 1. The minimum atomic E-state index is -1.10. The van der Waals surface area contributed by atoms with Crippen molar-refractivity contribution in [1.82, 2.24) is 15.1 Å². The minimum Gasteiger partial charge on any atom is -0.480 e. The molecular formula is C21H21N3O4S. The Morgan fingerprint density at radius 2 is 1.90 bits per heavy atom. The fourth-order valence-corrected chi connectivity index (χ4v) is 3.50. The summed E-state index contributed by atoms with van der Waals surface area (Å²) in [5, 5.41) is 18.1. The van der Waals surface area contributed by atoms with Gasteiger partial charge < -0.3 is 10.4 Å². The second-order valence-corrected chi connectivity index (χ2v) is 7.47. The van der Waals surface area contributed by atoms with Crippen LogP contribution >= 0.6 is 11.8 Å². The Morgan fingerprint density at radius 1 is 1.14 bits per heavy atom. The van der Waals surface area contributed by atoms with Crippen LogP contribution in [0.2, 0.25) is 0 Å². The van der Waals surface area contributed by atoms with Gasteiger partial charge in [0, 0.05) is 11.6 Å². The molecule has 3 aromatic rings. The van der Waals surface area contributed by atoms with Crippen LogP contribution in [0.1, 0.15) is 6.42 Å². The summed E-state index contributed by atoms with van der Waals surface area (Å²) in [4.78, 5) is 35.8. The number of hydrogen-bond donors (Lipinski definition) is 2. The number of nitrogens with one attached hydrogen (secondary N) is 1. The van der Waals surface area contributed by atoms with E-state index in [0.717, 1.165) is 21.0 Å². The molecule has 1 atom stereocenters. The maximum absolute atomic E-state index is 12.3. The Bertz CT molecular complexity index is 1090. The van der Waals surface area contributed by atoms with Gasteiger partial charge in [-0.3, -0.25) is 9.59 Å². The first kappa shape index (κ1) is 20.6. The quantitative estimate of drug-likeness (QED) is 0.590. The lowest BCUT2D eigenvalue weighted by atomic mass is 10.0. The molecule has 0 saturated carbocycles. The third-order valence-electron chi connectivity index (χ3n) is 4.47. The third-order valence-corrected chi connectivity index (χ3v) is 5.11. The summed E-state index contributed by atoms with van der Waals surface area (Å²) >= 11 is 1.50. The summed E-state index contributed by atoms with van der Waals surface area (Å²) in [7, 11) is 0. The fraction of sp³-hybridized carbons (Fsp3) is 0.238. The Labute approximate surface area is 171 Å². The Kier molecular flexibility index (Phi) is 6.66. The zero-order valence-electron chi connectivity index (χ0n) is 15.9. The van der Waals surface area contributed by atoms with Gasteiger partial charge in [-0.15, -0.1) is 0 Å². The number of carboxylic acids is 1. The van der Waals surface area contributed by atoms with Crippen molar-refractivity contribution in [3.8, 4) is 11.3 Å². The smallest absolute Gasteiger partial charge is 0.326 e. The maximum Gasteiger partial charge on any atom is 0.326 e. The van der Waals surface area contributed by atoms with Crippen molar-refractivity contribution in [3.63, 3.8) is 0 Å². The van der Waals surface area contributed by atoms with Crippen LogP contribution in [-0.4, -0.2) is 44.8 Å². The molecule has 1 aromatic heterocycles. The van der Waals surface area contributed by atoms with Crippen LogP contribution in [0.3, 0.4) is 0 Å². The van der Waals surface area contributed by atoms with Crippen LogP contribution in [-0.2, 0) is 16.1 Å². The van der Waals surface area contributed by atoms with E-state index in [-0.39, 0.29) is 6.54 Å². The average molecular weight is 411 g/mol. The molecule has 7 nitrogen and oxygen atoms in total. The Hall–Kier alpha value is -3.13. The van der Waals surface area contributed by atoms with Crippen molar-refractivity contribution in [2.45, 2.75) is 19.0 Å². The summed E-state index contributed by atoms with van der Waals surface area (Å²) in [6.07, 6.45) is 2.17. The predicted molar refractivity (Wildman–Crippen MR) is 114 cm³/mol. The maximum atomic E-state index is 12.3. The molecule has 2 N–H and O–H groups in total. The van der Waals surface area contributed by atoms with E-state index in [2.05, 4.69) is 10.4 Å². The van der Waals surface area contributed by atoms with Crippen LogP contribution in [0, 0.1) is 0 Å². The first-order valence-electron chi connectivity index (χ1n) is 9.07. The highest BCUT2D eigenvalue weighted by atomic mass is 32.2. The monoisotopic (exact) mass is 411 g/mol. The molecule has 0 aliphatic heterocycles. The van der Waals surface area contributed by atoms with E-state index in [4.69, 9.17) is 0 Å². The van der Waals surface area contributed by atoms with Crippen molar-refractivity contribution in [2.24, 2.45) is 0 Å². The van der Waals surface area contributed by atoms with Gasteiger partial charge in [-0.1, -0.05) is 42.5 Å². The van der Waals surface area contributed by atoms with Crippen molar-refractivity contribution in [2.75, 3.05) is 12.0 Å². The molecular weight excluding hydrogens is 390 g/mol. The highest BCUT2D eigenvalue weighted by Gasteiger charge is 2.20. The molecule has 2 aromatic carbocycles. The number of carbonyl (C=O) groups excluding carboxylic acids is 1. The molecule has 0 saturated heterocycles. The number of thioether (sulfide) groups is 1. The molecule has 150 valence electrons. The molecule has 0 aliphatic carbocycles. The van der Waals surface area contributed by atoms with E-state index in [1.807, 2.05) is 48.7 Å². The molecule has 1 amide bonds. The van der Waals surface area contributed by atoms with E-state index in [1.54, 1.807) is 6.07 Å². The first-order chi connectivity index (χ1) is 14.0. The number of fused-ring (bicyclic) bond motifs is 1. The fourth-order valence-electron chi connectivity index (χ4n) is 3.02. The molecule has 0 radical (unpaired) electrons. The summed E-state index contributed by atoms with van der Waals surface area (Å²) in [5.74, 6) is -1.06. The van der Waals surface area contributed by atoms with Gasteiger partial charge in [-0.25, -0.2) is 9.48 Å². The zero-order chi connectivity index (χ0) is 20.8. The van der Waals surface area contributed by atoms with Gasteiger partial charge in [0.1, 0.15) is 12.6 Å². The highest BCUT2D eigenvalue weighted by Crippen LogP contribution is 2.26. The van der Waals surface area contributed by atoms with Gasteiger partial charge in [0.25, 0.3) is 5.56 Å². The molecule has 1 heterocycles. The zero-order valence-corrected chi connectivity index (χ0v) is 16.7. The molecule has 29 heavy (non-hydrogen) atoms. The summed E-state index contributed by atoms with van der Waals surface area (Å²) in [6.45, 7) is -0.347. The first-order valence-corrected chi connectivity index (χ1v) is 10.5. The van der Waals surface area contributed by atoms with Gasteiger partial charge in [0.05, 0.1) is 5.69 Å². The molecule has 0 bridgehead atoms. The number of carboxylic acid groups (broad SMARTS) is 1. The lowest BCUT2D eigenvalue weighted by Crippen LogP contribution is -2.44. The van der Waals surface area contributed by atoms with E-state index >= 15 is 0 Å². The van der Waals surface area contributed by atoms with Gasteiger partial charge in [-0.05, 0) is 35.3 Å². The summed E-state index contributed by atoms with van der Waals surface area (Å²) < 4.78 is 1.06. The third kappa shape index (κ3) is 5.03. The topological polar surface area (TPSA) is 101 Å². The van der Waals surface area contributed by atoms with E-state index in [0.29, 0.717) is 17.9 Å². The van der Waals surface area contributed by atoms with E-state index in [1.165, 1.54) is 17.8 Å². The van der Waals surface area contributed by atoms with Crippen LogP contribution in [0.5, 0.6) is 0 Å². The second-order valence-electron chi connectivity index (χ2n) is 6.48. The minimum absolute atomic E-state index is 0.306. The van der Waals surface area contributed by atoms with Crippen molar-refractivity contribution in [3.05, 3.63) is 65.0 Å². The number of aromatic nitrogens is 2. The van der Waals surface area contributed by atoms with E-state index in [9.17, 15) is 19.5 Å².